The van der Waals surface area contributed by atoms with Crippen LogP contribution in [0.3, 0.4) is 0 Å². The SMILES string of the molecule is CCC(=O)NC(CCCN)C(C)COc1cc(C)nc(C)c1. The van der Waals surface area contributed by atoms with Crippen LogP contribution >= 0.6 is 0 Å². The summed E-state index contributed by atoms with van der Waals surface area (Å²) in [6, 6.07) is 3.96. The number of aryl methyl sites for hydroxylation is 2. The van der Waals surface area contributed by atoms with Crippen molar-refractivity contribution in [3.05, 3.63) is 23.5 Å². The van der Waals surface area contributed by atoms with E-state index >= 15 is 0 Å². The monoisotopic (exact) mass is 307 g/mol. The summed E-state index contributed by atoms with van der Waals surface area (Å²) < 4.78 is 5.88. The second-order valence-electron chi connectivity index (χ2n) is 5.83. The first-order valence-corrected chi connectivity index (χ1v) is 8.03. The molecule has 5 nitrogen and oxygen atoms in total. The van der Waals surface area contributed by atoms with Gasteiger partial charge in [0.05, 0.1) is 6.61 Å². The van der Waals surface area contributed by atoms with E-state index in [2.05, 4.69) is 17.2 Å². The summed E-state index contributed by atoms with van der Waals surface area (Å²) in [6.07, 6.45) is 2.27. The number of amides is 1. The van der Waals surface area contributed by atoms with Gasteiger partial charge in [0.1, 0.15) is 5.75 Å². The van der Waals surface area contributed by atoms with Crippen LogP contribution in [0, 0.1) is 19.8 Å². The molecule has 1 aromatic heterocycles. The van der Waals surface area contributed by atoms with Gasteiger partial charge in [0.25, 0.3) is 0 Å². The summed E-state index contributed by atoms with van der Waals surface area (Å²) in [5.41, 5.74) is 7.48. The lowest BCUT2D eigenvalue weighted by Gasteiger charge is -2.25. The van der Waals surface area contributed by atoms with E-state index in [0.29, 0.717) is 19.6 Å². The minimum Gasteiger partial charge on any atom is -0.493 e. The lowest BCUT2D eigenvalue weighted by molar-refractivity contribution is -0.121. The average molecular weight is 307 g/mol. The first-order valence-electron chi connectivity index (χ1n) is 8.03. The second kappa shape index (κ2) is 9.41. The van der Waals surface area contributed by atoms with E-state index in [9.17, 15) is 4.79 Å². The summed E-state index contributed by atoms with van der Waals surface area (Å²) in [4.78, 5) is 16.0. The molecule has 124 valence electrons. The number of pyridine rings is 1. The summed E-state index contributed by atoms with van der Waals surface area (Å²) in [7, 11) is 0. The molecule has 1 amide bonds. The molecule has 22 heavy (non-hydrogen) atoms. The Morgan fingerprint density at radius 1 is 1.36 bits per heavy atom. The molecule has 0 aliphatic carbocycles. The zero-order valence-electron chi connectivity index (χ0n) is 14.2. The van der Waals surface area contributed by atoms with Crippen molar-refractivity contribution in [1.82, 2.24) is 10.3 Å². The third-order valence-corrected chi connectivity index (χ3v) is 3.64. The lowest BCUT2D eigenvalue weighted by atomic mass is 9.97. The molecule has 0 fully saturated rings. The second-order valence-corrected chi connectivity index (χ2v) is 5.83. The summed E-state index contributed by atoms with van der Waals surface area (Å²) >= 11 is 0. The molecule has 0 aliphatic heterocycles. The molecule has 0 spiro atoms. The number of rotatable bonds is 9. The smallest absolute Gasteiger partial charge is 0.219 e. The number of nitrogens with zero attached hydrogens (tertiary/aromatic N) is 1. The maximum atomic E-state index is 11.7. The molecule has 0 saturated heterocycles. The molecule has 0 aliphatic rings. The van der Waals surface area contributed by atoms with Gasteiger partial charge in [0.15, 0.2) is 0 Å². The van der Waals surface area contributed by atoms with E-state index in [1.54, 1.807) is 0 Å². The van der Waals surface area contributed by atoms with Gasteiger partial charge in [-0.1, -0.05) is 13.8 Å². The molecular formula is C17H29N3O2. The molecule has 2 unspecified atom stereocenters. The van der Waals surface area contributed by atoms with Crippen molar-refractivity contribution < 1.29 is 9.53 Å². The van der Waals surface area contributed by atoms with Gasteiger partial charge >= 0.3 is 0 Å². The zero-order valence-corrected chi connectivity index (χ0v) is 14.2. The third kappa shape index (κ3) is 6.43. The number of hydrogen-bond acceptors (Lipinski definition) is 4. The minimum absolute atomic E-state index is 0.0736. The Labute approximate surface area is 133 Å². The highest BCUT2D eigenvalue weighted by Gasteiger charge is 2.19. The zero-order chi connectivity index (χ0) is 16.5. The number of nitrogens with one attached hydrogen (secondary N) is 1. The van der Waals surface area contributed by atoms with E-state index in [4.69, 9.17) is 10.5 Å². The number of hydrogen-bond donors (Lipinski definition) is 2. The van der Waals surface area contributed by atoms with Gasteiger partial charge < -0.3 is 15.8 Å². The number of nitrogens with two attached hydrogens (primary N) is 1. The lowest BCUT2D eigenvalue weighted by Crippen LogP contribution is -2.41. The Bertz CT molecular complexity index is 457. The Balaban J connectivity index is 2.60. The fourth-order valence-corrected chi connectivity index (χ4v) is 2.37. The van der Waals surface area contributed by atoms with Crippen molar-refractivity contribution in [2.24, 2.45) is 11.7 Å². The van der Waals surface area contributed by atoms with Crippen LogP contribution in [-0.2, 0) is 4.79 Å². The predicted molar refractivity (Wildman–Crippen MR) is 88.9 cm³/mol. The Morgan fingerprint density at radius 2 is 2.00 bits per heavy atom. The predicted octanol–water partition coefficient (Wildman–Crippen LogP) is 2.35. The van der Waals surface area contributed by atoms with E-state index in [1.807, 2.05) is 32.9 Å². The fourth-order valence-electron chi connectivity index (χ4n) is 2.37. The van der Waals surface area contributed by atoms with E-state index < -0.39 is 0 Å². The highest BCUT2D eigenvalue weighted by atomic mass is 16.5. The van der Waals surface area contributed by atoms with Gasteiger partial charge in [-0.15, -0.1) is 0 Å². The van der Waals surface area contributed by atoms with Crippen molar-refractivity contribution >= 4 is 5.91 Å². The molecule has 1 rings (SSSR count). The topological polar surface area (TPSA) is 77.2 Å². The molecule has 1 aromatic rings. The van der Waals surface area contributed by atoms with Crippen LogP contribution in [0.1, 0.15) is 44.5 Å². The van der Waals surface area contributed by atoms with Gasteiger partial charge in [-0.05, 0) is 33.2 Å². The van der Waals surface area contributed by atoms with E-state index in [-0.39, 0.29) is 17.9 Å². The molecule has 0 radical (unpaired) electrons. The molecule has 0 saturated carbocycles. The van der Waals surface area contributed by atoms with Crippen LogP contribution in [0.2, 0.25) is 0 Å². The van der Waals surface area contributed by atoms with Crippen LogP contribution < -0.4 is 15.8 Å². The van der Waals surface area contributed by atoms with Crippen molar-refractivity contribution in [2.45, 2.75) is 53.0 Å². The van der Waals surface area contributed by atoms with Gasteiger partial charge in [-0.3, -0.25) is 9.78 Å². The minimum atomic E-state index is 0.0736. The van der Waals surface area contributed by atoms with Crippen LogP contribution in [-0.4, -0.2) is 30.1 Å². The normalized spacial score (nSPS) is 13.5. The van der Waals surface area contributed by atoms with Crippen molar-refractivity contribution in [1.29, 1.82) is 0 Å². The highest BCUT2D eigenvalue weighted by molar-refractivity contribution is 5.75. The maximum Gasteiger partial charge on any atom is 0.219 e. The van der Waals surface area contributed by atoms with Crippen molar-refractivity contribution in [3.63, 3.8) is 0 Å². The molecule has 2 atom stereocenters. The largest absolute Gasteiger partial charge is 0.493 e. The first-order chi connectivity index (χ1) is 10.5. The van der Waals surface area contributed by atoms with Gasteiger partial charge in [-0.25, -0.2) is 0 Å². The van der Waals surface area contributed by atoms with Crippen LogP contribution in [0.5, 0.6) is 5.75 Å². The summed E-state index contributed by atoms with van der Waals surface area (Å²) in [5, 5.41) is 3.07. The van der Waals surface area contributed by atoms with Crippen LogP contribution in [0.25, 0.3) is 0 Å². The Hall–Kier alpha value is -1.62. The van der Waals surface area contributed by atoms with Crippen LogP contribution in [0.15, 0.2) is 12.1 Å². The van der Waals surface area contributed by atoms with Crippen molar-refractivity contribution in [3.8, 4) is 5.75 Å². The third-order valence-electron chi connectivity index (χ3n) is 3.64. The number of carbonyl (C=O) groups is 1. The van der Waals surface area contributed by atoms with Crippen molar-refractivity contribution in [2.75, 3.05) is 13.2 Å². The standard InChI is InChI=1S/C17H29N3O2/c1-5-17(21)20-16(7-6-8-18)12(2)11-22-15-9-13(3)19-14(4)10-15/h9-10,12,16H,5-8,11,18H2,1-4H3,(H,20,21). The Kier molecular flexibility index (Phi) is 7.88. The molecule has 3 N–H and O–H groups in total. The number of carbonyl (C=O) groups excluding carboxylic acids is 1. The van der Waals surface area contributed by atoms with Crippen LogP contribution in [0.4, 0.5) is 0 Å². The van der Waals surface area contributed by atoms with Gasteiger partial charge in [0.2, 0.25) is 5.91 Å². The van der Waals surface area contributed by atoms with Gasteiger partial charge in [0, 0.05) is 41.9 Å². The molecule has 0 bridgehead atoms. The molecule has 1 heterocycles. The number of aromatic nitrogens is 1. The summed E-state index contributed by atoms with van der Waals surface area (Å²) in [6.45, 7) is 9.05. The quantitative estimate of drug-likeness (QED) is 0.734. The van der Waals surface area contributed by atoms with E-state index in [0.717, 1.165) is 30.0 Å². The fraction of sp³-hybridized carbons (Fsp3) is 0.647. The maximum absolute atomic E-state index is 11.7. The first kappa shape index (κ1) is 18.4. The molecule has 5 heteroatoms. The number of ether oxygens (including phenoxy) is 1. The molecular weight excluding hydrogens is 278 g/mol. The molecule has 0 aromatic carbocycles. The van der Waals surface area contributed by atoms with Gasteiger partial charge in [-0.2, -0.15) is 0 Å². The van der Waals surface area contributed by atoms with E-state index in [1.165, 1.54) is 0 Å². The highest BCUT2D eigenvalue weighted by Crippen LogP contribution is 2.16. The summed E-state index contributed by atoms with van der Waals surface area (Å²) in [5.74, 6) is 1.12. The average Bonchev–Trinajstić information content (AvgIpc) is 2.47. The Morgan fingerprint density at radius 3 is 2.55 bits per heavy atom.